The van der Waals surface area contributed by atoms with Crippen molar-refractivity contribution in [3.05, 3.63) is 81.6 Å². The fourth-order valence-electron chi connectivity index (χ4n) is 2.27. The molecule has 3 rings (SSSR count). The van der Waals surface area contributed by atoms with Crippen molar-refractivity contribution < 1.29 is 18.9 Å². The third-order valence-corrected chi connectivity index (χ3v) is 3.81. The van der Waals surface area contributed by atoms with Crippen molar-refractivity contribution >= 4 is 29.4 Å². The van der Waals surface area contributed by atoms with Crippen molar-refractivity contribution in [1.29, 1.82) is 0 Å². The lowest BCUT2D eigenvalue weighted by Gasteiger charge is -2.05. The Morgan fingerprint density at radius 2 is 1.93 bits per heavy atom. The Morgan fingerprint density at radius 3 is 2.68 bits per heavy atom. The number of nitrogens with zero attached hydrogens (tertiary/aromatic N) is 2. The Hall–Kier alpha value is -3.65. The van der Waals surface area contributed by atoms with Crippen LogP contribution in [0.2, 0.25) is 5.02 Å². The molecule has 1 amide bonds. The van der Waals surface area contributed by atoms with Crippen LogP contribution in [0.5, 0.6) is 5.75 Å². The third kappa shape index (κ3) is 4.95. The van der Waals surface area contributed by atoms with Crippen molar-refractivity contribution in [3.8, 4) is 17.1 Å². The highest BCUT2D eigenvalue weighted by Crippen LogP contribution is 2.25. The van der Waals surface area contributed by atoms with Gasteiger partial charge in [-0.1, -0.05) is 23.7 Å². The number of carbonyl (C=O) groups excluding carboxylic acids is 1. The van der Waals surface area contributed by atoms with Crippen molar-refractivity contribution in [2.45, 2.75) is 0 Å². The van der Waals surface area contributed by atoms with Crippen LogP contribution in [-0.4, -0.2) is 23.7 Å². The zero-order valence-electron chi connectivity index (χ0n) is 14.4. The first-order valence-corrected chi connectivity index (χ1v) is 8.44. The van der Waals surface area contributed by atoms with Gasteiger partial charge in [0.05, 0.1) is 11.1 Å². The Bertz CT molecular complexity index is 1010. The number of benzene rings is 2. The Balaban J connectivity index is 1.53. The Labute approximate surface area is 164 Å². The van der Waals surface area contributed by atoms with E-state index in [1.807, 2.05) is 12.1 Å². The maximum absolute atomic E-state index is 11.8. The first-order chi connectivity index (χ1) is 13.5. The van der Waals surface area contributed by atoms with Crippen LogP contribution in [0.3, 0.4) is 0 Å². The van der Waals surface area contributed by atoms with Gasteiger partial charge in [0.15, 0.2) is 12.4 Å². The number of hydrogen-bond donors (Lipinski definition) is 1. The predicted molar refractivity (Wildman–Crippen MR) is 103 cm³/mol. The van der Waals surface area contributed by atoms with Gasteiger partial charge in [0, 0.05) is 16.7 Å². The molecule has 2 aromatic carbocycles. The normalized spacial score (nSPS) is 10.8. The van der Waals surface area contributed by atoms with Crippen LogP contribution in [0.1, 0.15) is 5.76 Å². The van der Waals surface area contributed by atoms with Crippen LogP contribution in [0.25, 0.3) is 11.3 Å². The minimum Gasteiger partial charge on any atom is -0.477 e. The number of nitro groups is 1. The Morgan fingerprint density at radius 1 is 1.18 bits per heavy atom. The maximum atomic E-state index is 11.8. The zero-order chi connectivity index (χ0) is 19.9. The molecule has 142 valence electrons. The fourth-order valence-corrected chi connectivity index (χ4v) is 2.39. The first-order valence-electron chi connectivity index (χ1n) is 8.07. The number of hydrazone groups is 1. The molecule has 0 aliphatic rings. The van der Waals surface area contributed by atoms with Crippen molar-refractivity contribution in [3.63, 3.8) is 0 Å². The standard InChI is InChI=1S/C19H14ClN3O5/c20-14-7-5-13(6-8-14)17-10-9-15(28-17)11-21-22-19(24)12-27-18-4-2-1-3-16(18)23(25)26/h1-11H,12H2,(H,22,24)/b21-11-. The summed E-state index contributed by atoms with van der Waals surface area (Å²) >= 11 is 5.86. The molecule has 28 heavy (non-hydrogen) atoms. The summed E-state index contributed by atoms with van der Waals surface area (Å²) < 4.78 is 10.8. The van der Waals surface area contributed by atoms with E-state index in [0.29, 0.717) is 16.5 Å². The first kappa shape index (κ1) is 19.1. The Kier molecular flexibility index (Phi) is 6.03. The number of para-hydroxylation sites is 2. The van der Waals surface area contributed by atoms with Crippen LogP contribution in [0.15, 0.2) is 70.2 Å². The molecule has 0 aliphatic carbocycles. The van der Waals surface area contributed by atoms with Crippen LogP contribution in [0.4, 0.5) is 5.69 Å². The van der Waals surface area contributed by atoms with Gasteiger partial charge in [0.2, 0.25) is 0 Å². The summed E-state index contributed by atoms with van der Waals surface area (Å²) in [5, 5.41) is 15.3. The summed E-state index contributed by atoms with van der Waals surface area (Å²) in [6, 6.07) is 16.4. The number of halogens is 1. The van der Waals surface area contributed by atoms with Crippen LogP contribution in [0, 0.1) is 10.1 Å². The van der Waals surface area contributed by atoms with Gasteiger partial charge in [-0.2, -0.15) is 5.10 Å². The monoisotopic (exact) mass is 399 g/mol. The maximum Gasteiger partial charge on any atom is 0.310 e. The van der Waals surface area contributed by atoms with E-state index in [2.05, 4.69) is 10.5 Å². The number of hydrogen-bond acceptors (Lipinski definition) is 6. The molecule has 0 atom stereocenters. The molecule has 0 saturated carbocycles. The number of rotatable bonds is 7. The average Bonchev–Trinajstić information content (AvgIpc) is 3.16. The zero-order valence-corrected chi connectivity index (χ0v) is 15.1. The van der Waals surface area contributed by atoms with E-state index in [-0.39, 0.29) is 11.4 Å². The van der Waals surface area contributed by atoms with E-state index in [9.17, 15) is 14.9 Å². The quantitative estimate of drug-likeness (QED) is 0.366. The van der Waals surface area contributed by atoms with Gasteiger partial charge in [-0.25, -0.2) is 5.43 Å². The van der Waals surface area contributed by atoms with E-state index in [1.54, 1.807) is 30.3 Å². The molecule has 1 N–H and O–H groups in total. The van der Waals surface area contributed by atoms with Gasteiger partial charge in [-0.15, -0.1) is 0 Å². The smallest absolute Gasteiger partial charge is 0.310 e. The van der Waals surface area contributed by atoms with Gasteiger partial charge < -0.3 is 9.15 Å². The number of nitrogens with one attached hydrogen (secondary N) is 1. The molecule has 0 fully saturated rings. The second-order valence-electron chi connectivity index (χ2n) is 5.52. The highest BCUT2D eigenvalue weighted by Gasteiger charge is 2.14. The molecule has 0 unspecified atom stereocenters. The van der Waals surface area contributed by atoms with E-state index in [0.717, 1.165) is 5.56 Å². The SMILES string of the molecule is O=C(COc1ccccc1[N+](=O)[O-])N/N=C\c1ccc(-c2ccc(Cl)cc2)o1. The molecular formula is C19H14ClN3O5. The molecule has 1 aromatic heterocycles. The molecule has 1 heterocycles. The number of amides is 1. The number of ether oxygens (including phenoxy) is 1. The summed E-state index contributed by atoms with van der Waals surface area (Å²) in [5.74, 6) is 0.498. The molecule has 9 heteroatoms. The van der Waals surface area contributed by atoms with Crippen molar-refractivity contribution in [2.75, 3.05) is 6.61 Å². The summed E-state index contributed by atoms with van der Waals surface area (Å²) in [6.45, 7) is -0.420. The van der Waals surface area contributed by atoms with E-state index in [1.165, 1.54) is 24.4 Å². The number of nitro benzene ring substituents is 1. The lowest BCUT2D eigenvalue weighted by atomic mass is 10.2. The van der Waals surface area contributed by atoms with Crippen LogP contribution < -0.4 is 10.2 Å². The average molecular weight is 400 g/mol. The fraction of sp³-hybridized carbons (Fsp3) is 0.0526. The molecule has 0 radical (unpaired) electrons. The highest BCUT2D eigenvalue weighted by atomic mass is 35.5. The van der Waals surface area contributed by atoms with Gasteiger partial charge in [0.1, 0.15) is 11.5 Å². The topological polar surface area (TPSA) is 107 Å². The van der Waals surface area contributed by atoms with E-state index >= 15 is 0 Å². The van der Waals surface area contributed by atoms with Gasteiger partial charge in [-0.05, 0) is 42.5 Å². The van der Waals surface area contributed by atoms with Crippen molar-refractivity contribution in [1.82, 2.24) is 5.43 Å². The van der Waals surface area contributed by atoms with Crippen LogP contribution >= 0.6 is 11.6 Å². The minimum atomic E-state index is -0.583. The lowest BCUT2D eigenvalue weighted by Crippen LogP contribution is -2.24. The summed E-state index contributed by atoms with van der Waals surface area (Å²) in [5.41, 5.74) is 2.90. The second-order valence-corrected chi connectivity index (χ2v) is 5.95. The molecule has 0 saturated heterocycles. The van der Waals surface area contributed by atoms with Crippen LogP contribution in [-0.2, 0) is 4.79 Å². The molecule has 8 nitrogen and oxygen atoms in total. The van der Waals surface area contributed by atoms with Gasteiger partial charge >= 0.3 is 5.69 Å². The third-order valence-electron chi connectivity index (χ3n) is 3.56. The molecule has 0 bridgehead atoms. The molecule has 3 aromatic rings. The van der Waals surface area contributed by atoms with E-state index in [4.69, 9.17) is 20.8 Å². The molecule has 0 aliphatic heterocycles. The summed E-state index contributed by atoms with van der Waals surface area (Å²) in [6.07, 6.45) is 1.34. The second kappa shape index (κ2) is 8.83. The van der Waals surface area contributed by atoms with Gasteiger partial charge in [-0.3, -0.25) is 14.9 Å². The lowest BCUT2D eigenvalue weighted by molar-refractivity contribution is -0.385. The summed E-state index contributed by atoms with van der Waals surface area (Å²) in [7, 11) is 0. The van der Waals surface area contributed by atoms with E-state index < -0.39 is 17.4 Å². The van der Waals surface area contributed by atoms with Crippen molar-refractivity contribution in [2.24, 2.45) is 5.10 Å². The largest absolute Gasteiger partial charge is 0.477 e. The van der Waals surface area contributed by atoms with Gasteiger partial charge in [0.25, 0.3) is 5.91 Å². The minimum absolute atomic E-state index is 0.00488. The molecular weight excluding hydrogens is 386 g/mol. The number of carbonyl (C=O) groups is 1. The number of furan rings is 1. The molecule has 0 spiro atoms. The highest BCUT2D eigenvalue weighted by molar-refractivity contribution is 6.30. The summed E-state index contributed by atoms with van der Waals surface area (Å²) in [4.78, 5) is 22.1. The predicted octanol–water partition coefficient (Wildman–Crippen LogP) is 4.04.